The fourth-order valence-electron chi connectivity index (χ4n) is 5.51. The van der Waals surface area contributed by atoms with Crippen molar-refractivity contribution in [1.82, 2.24) is 9.80 Å². The lowest BCUT2D eigenvalue weighted by atomic mass is 9.92. The van der Waals surface area contributed by atoms with Gasteiger partial charge in [-0.15, -0.1) is 11.3 Å². The molecule has 5 heteroatoms. The molecule has 1 atom stereocenters. The van der Waals surface area contributed by atoms with Crippen molar-refractivity contribution >= 4 is 23.2 Å². The van der Waals surface area contributed by atoms with Crippen LogP contribution in [0.25, 0.3) is 0 Å². The van der Waals surface area contributed by atoms with Crippen molar-refractivity contribution in [3.8, 4) is 0 Å². The molecule has 5 rings (SSSR count). The van der Waals surface area contributed by atoms with Crippen molar-refractivity contribution in [3.63, 3.8) is 0 Å². The quantitative estimate of drug-likeness (QED) is 0.559. The largest absolute Gasteiger partial charge is 0.330 e. The van der Waals surface area contributed by atoms with E-state index in [-0.39, 0.29) is 30.4 Å². The van der Waals surface area contributed by atoms with Crippen molar-refractivity contribution in [2.45, 2.75) is 76.8 Å². The van der Waals surface area contributed by atoms with E-state index >= 15 is 0 Å². The smallest absolute Gasteiger partial charge is 0.243 e. The minimum atomic E-state index is -0.0484. The summed E-state index contributed by atoms with van der Waals surface area (Å²) in [5.74, 6) is 0.988. The van der Waals surface area contributed by atoms with Gasteiger partial charge in [-0.05, 0) is 61.1 Å². The number of aryl methyl sites for hydroxylation is 1. The normalized spacial score (nSPS) is 20.9. The van der Waals surface area contributed by atoms with Crippen LogP contribution in [0.5, 0.6) is 0 Å². The molecule has 4 nitrogen and oxygen atoms in total. The van der Waals surface area contributed by atoms with Crippen molar-refractivity contribution in [2.75, 3.05) is 13.1 Å². The number of benzene rings is 1. The first-order valence-corrected chi connectivity index (χ1v) is 13.2. The van der Waals surface area contributed by atoms with Gasteiger partial charge in [-0.25, -0.2) is 0 Å². The molecule has 0 spiro atoms. The first kappa shape index (κ1) is 21.7. The Morgan fingerprint density at radius 3 is 2.53 bits per heavy atom. The number of thiophene rings is 1. The number of fused-ring (bicyclic) bond motifs is 1. The lowest BCUT2D eigenvalue weighted by Crippen LogP contribution is -2.47. The number of hydrogen-bond acceptors (Lipinski definition) is 3. The fraction of sp³-hybridized carbons (Fsp3) is 0.556. The Hall–Kier alpha value is -2.14. The summed E-state index contributed by atoms with van der Waals surface area (Å²) in [6.45, 7) is 3.05. The Balaban J connectivity index is 1.32. The molecule has 3 aliphatic rings. The average Bonchev–Trinajstić information content (AvgIpc) is 3.29. The van der Waals surface area contributed by atoms with Gasteiger partial charge in [-0.2, -0.15) is 0 Å². The molecule has 0 radical (unpaired) electrons. The highest BCUT2D eigenvalue weighted by atomic mass is 32.1. The zero-order valence-corrected chi connectivity index (χ0v) is 19.9. The van der Waals surface area contributed by atoms with Crippen LogP contribution in [-0.4, -0.2) is 40.7 Å². The summed E-state index contributed by atoms with van der Waals surface area (Å²) >= 11 is 1.79. The zero-order valence-electron chi connectivity index (χ0n) is 19.1. The van der Waals surface area contributed by atoms with Crippen LogP contribution in [0.2, 0.25) is 0 Å². The van der Waals surface area contributed by atoms with Crippen LogP contribution >= 0.6 is 11.3 Å². The van der Waals surface area contributed by atoms with Crippen LogP contribution in [0, 0.1) is 12.8 Å². The summed E-state index contributed by atoms with van der Waals surface area (Å²) in [6.07, 6.45) is 9.73. The molecule has 2 aromatic rings. The third-order valence-corrected chi connectivity index (χ3v) is 8.53. The van der Waals surface area contributed by atoms with Gasteiger partial charge in [0.1, 0.15) is 6.54 Å². The molecule has 1 aliphatic heterocycles. The molecule has 0 saturated heterocycles. The Bertz CT molecular complexity index is 956. The predicted octanol–water partition coefficient (Wildman–Crippen LogP) is 5.49. The van der Waals surface area contributed by atoms with Crippen LogP contribution in [0.3, 0.4) is 0 Å². The molecule has 1 aromatic carbocycles. The highest BCUT2D eigenvalue weighted by Gasteiger charge is 2.38. The fourth-order valence-corrected chi connectivity index (χ4v) is 6.41. The van der Waals surface area contributed by atoms with Gasteiger partial charge < -0.3 is 9.80 Å². The summed E-state index contributed by atoms with van der Waals surface area (Å²) in [5, 5.41) is 2.14. The molecule has 2 aliphatic carbocycles. The van der Waals surface area contributed by atoms with Gasteiger partial charge in [0.05, 0.1) is 6.04 Å². The Morgan fingerprint density at radius 2 is 1.81 bits per heavy atom. The zero-order chi connectivity index (χ0) is 22.1. The van der Waals surface area contributed by atoms with Gasteiger partial charge in [0.15, 0.2) is 0 Å². The third kappa shape index (κ3) is 4.63. The maximum Gasteiger partial charge on any atom is 0.243 e. The average molecular weight is 451 g/mol. The summed E-state index contributed by atoms with van der Waals surface area (Å²) in [4.78, 5) is 32.0. The maximum absolute atomic E-state index is 13.6. The second kappa shape index (κ2) is 9.38. The van der Waals surface area contributed by atoms with Gasteiger partial charge in [0.2, 0.25) is 11.8 Å². The highest BCUT2D eigenvalue weighted by Crippen LogP contribution is 2.38. The number of nitrogens with zero attached hydrogens (tertiary/aromatic N) is 2. The molecular weight excluding hydrogens is 416 g/mol. The molecule has 170 valence electrons. The molecule has 2 saturated carbocycles. The highest BCUT2D eigenvalue weighted by molar-refractivity contribution is 7.10. The van der Waals surface area contributed by atoms with Crippen molar-refractivity contribution < 1.29 is 9.59 Å². The standard InChI is InChI=1S/C27H34N2O2S/c1-19-6-9-21(10-7-19)27-23-15-17-32-24(23)14-16-28(27)26(31)18-29(22-11-12-22)25(30)13-8-20-4-2-3-5-20/h6-7,9-10,15,17,20,22,27H,2-5,8,11-14,16,18H2,1H3. The number of hydrogen-bond donors (Lipinski definition) is 0. The lowest BCUT2D eigenvalue weighted by molar-refractivity contribution is -0.142. The summed E-state index contributed by atoms with van der Waals surface area (Å²) in [6, 6.07) is 11.0. The van der Waals surface area contributed by atoms with E-state index in [9.17, 15) is 9.59 Å². The van der Waals surface area contributed by atoms with Crippen LogP contribution in [-0.2, 0) is 16.0 Å². The maximum atomic E-state index is 13.6. The number of amides is 2. The summed E-state index contributed by atoms with van der Waals surface area (Å²) < 4.78 is 0. The van der Waals surface area contributed by atoms with Gasteiger partial charge in [0, 0.05) is 23.9 Å². The van der Waals surface area contributed by atoms with E-state index in [2.05, 4.69) is 42.6 Å². The first-order chi connectivity index (χ1) is 15.6. The topological polar surface area (TPSA) is 40.6 Å². The summed E-state index contributed by atoms with van der Waals surface area (Å²) in [7, 11) is 0. The van der Waals surface area contributed by atoms with E-state index in [1.165, 1.54) is 41.7 Å². The van der Waals surface area contributed by atoms with Crippen LogP contribution in [0.1, 0.15) is 79.0 Å². The molecule has 2 heterocycles. The van der Waals surface area contributed by atoms with E-state index in [0.29, 0.717) is 12.3 Å². The molecule has 0 bridgehead atoms. The van der Waals surface area contributed by atoms with Crippen molar-refractivity contribution in [3.05, 3.63) is 57.3 Å². The van der Waals surface area contributed by atoms with Crippen molar-refractivity contribution in [2.24, 2.45) is 5.92 Å². The van der Waals surface area contributed by atoms with E-state index in [0.717, 1.165) is 37.8 Å². The number of rotatable bonds is 7. The second-order valence-corrected chi connectivity index (χ2v) is 10.9. The third-order valence-electron chi connectivity index (χ3n) is 7.53. The van der Waals surface area contributed by atoms with E-state index in [1.807, 2.05) is 9.80 Å². The van der Waals surface area contributed by atoms with Gasteiger partial charge in [0.25, 0.3) is 0 Å². The number of carbonyl (C=O) groups excluding carboxylic acids is 2. The minimum Gasteiger partial charge on any atom is -0.330 e. The molecule has 2 amide bonds. The molecule has 0 N–H and O–H groups in total. The van der Waals surface area contributed by atoms with E-state index in [4.69, 9.17) is 0 Å². The number of carbonyl (C=O) groups is 2. The van der Waals surface area contributed by atoms with Crippen molar-refractivity contribution in [1.29, 1.82) is 0 Å². The monoisotopic (exact) mass is 450 g/mol. The SMILES string of the molecule is Cc1ccc(C2c3ccsc3CCN2C(=O)CN(C(=O)CCC2CCCC2)C2CC2)cc1. The lowest BCUT2D eigenvalue weighted by Gasteiger charge is -2.37. The molecule has 32 heavy (non-hydrogen) atoms. The Labute approximate surface area is 195 Å². The molecule has 2 fully saturated rings. The Morgan fingerprint density at radius 1 is 1.06 bits per heavy atom. The molecular formula is C27H34N2O2S. The first-order valence-electron chi connectivity index (χ1n) is 12.3. The Kier molecular flexibility index (Phi) is 6.36. The predicted molar refractivity (Wildman–Crippen MR) is 129 cm³/mol. The molecule has 1 aromatic heterocycles. The van der Waals surface area contributed by atoms with E-state index in [1.54, 1.807) is 11.3 Å². The molecule has 1 unspecified atom stereocenters. The summed E-state index contributed by atoms with van der Waals surface area (Å²) in [5.41, 5.74) is 3.64. The minimum absolute atomic E-state index is 0.0484. The van der Waals surface area contributed by atoms with Crippen LogP contribution in [0.4, 0.5) is 0 Å². The van der Waals surface area contributed by atoms with Gasteiger partial charge in [-0.3, -0.25) is 9.59 Å². The second-order valence-electron chi connectivity index (χ2n) is 9.89. The van der Waals surface area contributed by atoms with Gasteiger partial charge >= 0.3 is 0 Å². The van der Waals surface area contributed by atoms with Crippen LogP contribution in [0.15, 0.2) is 35.7 Å². The van der Waals surface area contributed by atoms with Crippen LogP contribution < -0.4 is 0 Å². The van der Waals surface area contributed by atoms with Gasteiger partial charge in [-0.1, -0.05) is 55.5 Å². The van der Waals surface area contributed by atoms with E-state index < -0.39 is 0 Å².